The third-order valence-corrected chi connectivity index (χ3v) is 4.98. The molecule has 7 heteroatoms. The zero-order valence-corrected chi connectivity index (χ0v) is 16.5. The highest BCUT2D eigenvalue weighted by Gasteiger charge is 2.17. The fraction of sp³-hybridized carbons (Fsp3) is 0.700. The molecule has 2 N–H and O–H groups in total. The topological polar surface area (TPSA) is 71.0 Å². The Balaban J connectivity index is 1.47. The highest BCUT2D eigenvalue weighted by atomic mass is 16.5. The van der Waals surface area contributed by atoms with Crippen molar-refractivity contribution in [2.24, 2.45) is 4.99 Å². The standard InChI is InChI=1S/C20H33N5O2/c1-2-21-20(23-9-10-25-11-13-26-14-12-25)24-16-17-7-8-22-19(15-17)27-18-5-3-4-6-18/h7-8,15,18H,2-6,9-14,16H2,1H3,(H2,21,23,24). The Bertz CT molecular complexity index is 583. The van der Waals surface area contributed by atoms with Gasteiger partial charge in [-0.3, -0.25) is 4.90 Å². The molecular weight excluding hydrogens is 342 g/mol. The first-order valence-corrected chi connectivity index (χ1v) is 10.3. The molecule has 1 aliphatic heterocycles. The van der Waals surface area contributed by atoms with Gasteiger partial charge in [-0.25, -0.2) is 9.98 Å². The number of aliphatic imine (C=N–C) groups is 1. The van der Waals surface area contributed by atoms with Crippen LogP contribution in [0.5, 0.6) is 5.88 Å². The van der Waals surface area contributed by atoms with E-state index in [2.05, 4.69) is 27.4 Å². The lowest BCUT2D eigenvalue weighted by Crippen LogP contribution is -2.44. The number of nitrogens with one attached hydrogen (secondary N) is 2. The third-order valence-electron chi connectivity index (χ3n) is 4.98. The molecule has 2 aliphatic rings. The van der Waals surface area contributed by atoms with Crippen molar-refractivity contribution in [2.45, 2.75) is 45.3 Å². The molecule has 0 amide bonds. The van der Waals surface area contributed by atoms with Crippen molar-refractivity contribution in [3.05, 3.63) is 23.9 Å². The number of pyridine rings is 1. The maximum absolute atomic E-state index is 6.00. The van der Waals surface area contributed by atoms with Crippen molar-refractivity contribution in [1.82, 2.24) is 20.5 Å². The highest BCUT2D eigenvalue weighted by Crippen LogP contribution is 2.23. The molecule has 1 saturated carbocycles. The van der Waals surface area contributed by atoms with Gasteiger partial charge in [0.05, 0.1) is 19.8 Å². The summed E-state index contributed by atoms with van der Waals surface area (Å²) in [5, 5.41) is 6.73. The van der Waals surface area contributed by atoms with Crippen LogP contribution in [0.4, 0.5) is 0 Å². The monoisotopic (exact) mass is 375 g/mol. The van der Waals surface area contributed by atoms with Gasteiger partial charge in [0.25, 0.3) is 0 Å². The number of hydrogen-bond donors (Lipinski definition) is 2. The number of ether oxygens (including phenoxy) is 2. The Kier molecular flexibility index (Phi) is 8.17. The Hall–Kier alpha value is -1.86. The summed E-state index contributed by atoms with van der Waals surface area (Å²) in [6.07, 6.45) is 6.95. The summed E-state index contributed by atoms with van der Waals surface area (Å²) in [6, 6.07) is 4.02. The van der Waals surface area contributed by atoms with Crippen LogP contribution in [0.1, 0.15) is 38.2 Å². The molecule has 2 fully saturated rings. The Morgan fingerprint density at radius 2 is 2.11 bits per heavy atom. The molecule has 0 radical (unpaired) electrons. The summed E-state index contributed by atoms with van der Waals surface area (Å²) >= 11 is 0. The maximum Gasteiger partial charge on any atom is 0.213 e. The second kappa shape index (κ2) is 11.1. The highest BCUT2D eigenvalue weighted by molar-refractivity contribution is 5.79. The Labute approximate surface area is 162 Å². The zero-order valence-electron chi connectivity index (χ0n) is 16.5. The predicted molar refractivity (Wildman–Crippen MR) is 107 cm³/mol. The quantitative estimate of drug-likeness (QED) is 0.533. The lowest BCUT2D eigenvalue weighted by molar-refractivity contribution is 0.0389. The van der Waals surface area contributed by atoms with Gasteiger partial charge in [0, 0.05) is 45.0 Å². The molecule has 27 heavy (non-hydrogen) atoms. The summed E-state index contributed by atoms with van der Waals surface area (Å²) in [7, 11) is 0. The van der Waals surface area contributed by atoms with E-state index in [9.17, 15) is 0 Å². The number of rotatable bonds is 8. The second-order valence-corrected chi connectivity index (χ2v) is 7.10. The van der Waals surface area contributed by atoms with E-state index in [1.165, 1.54) is 12.8 Å². The Morgan fingerprint density at radius 1 is 1.30 bits per heavy atom. The van der Waals surface area contributed by atoms with Crippen molar-refractivity contribution >= 4 is 5.96 Å². The normalized spacial score (nSPS) is 19.2. The van der Waals surface area contributed by atoms with Crippen molar-refractivity contribution < 1.29 is 9.47 Å². The molecule has 1 saturated heterocycles. The van der Waals surface area contributed by atoms with E-state index >= 15 is 0 Å². The van der Waals surface area contributed by atoms with Crippen LogP contribution in [0.25, 0.3) is 0 Å². The van der Waals surface area contributed by atoms with E-state index in [4.69, 9.17) is 14.5 Å². The largest absolute Gasteiger partial charge is 0.474 e. The van der Waals surface area contributed by atoms with Crippen LogP contribution in [0.15, 0.2) is 23.3 Å². The van der Waals surface area contributed by atoms with Crippen LogP contribution in [-0.4, -0.2) is 67.9 Å². The fourth-order valence-electron chi connectivity index (χ4n) is 3.46. The van der Waals surface area contributed by atoms with E-state index < -0.39 is 0 Å². The minimum Gasteiger partial charge on any atom is -0.474 e. The fourth-order valence-corrected chi connectivity index (χ4v) is 3.46. The summed E-state index contributed by atoms with van der Waals surface area (Å²) in [5.74, 6) is 1.57. The predicted octanol–water partition coefficient (Wildman–Crippen LogP) is 1.79. The van der Waals surface area contributed by atoms with Crippen LogP contribution in [0.3, 0.4) is 0 Å². The number of guanidine groups is 1. The molecule has 1 aliphatic carbocycles. The van der Waals surface area contributed by atoms with Crippen LogP contribution in [-0.2, 0) is 11.3 Å². The lowest BCUT2D eigenvalue weighted by Gasteiger charge is -2.26. The van der Waals surface area contributed by atoms with Gasteiger partial charge in [0.15, 0.2) is 5.96 Å². The average Bonchev–Trinajstić information content (AvgIpc) is 3.20. The summed E-state index contributed by atoms with van der Waals surface area (Å²) in [4.78, 5) is 11.5. The molecule has 3 rings (SSSR count). The third kappa shape index (κ3) is 6.99. The summed E-state index contributed by atoms with van der Waals surface area (Å²) < 4.78 is 11.4. The molecule has 0 aromatic carbocycles. The molecule has 0 bridgehead atoms. The molecule has 2 heterocycles. The number of aromatic nitrogens is 1. The summed E-state index contributed by atoms with van der Waals surface area (Å²) in [6.45, 7) is 9.10. The van der Waals surface area contributed by atoms with Gasteiger partial charge in [-0.15, -0.1) is 0 Å². The van der Waals surface area contributed by atoms with Crippen molar-refractivity contribution in [3.8, 4) is 5.88 Å². The molecule has 0 unspecified atom stereocenters. The molecule has 0 atom stereocenters. The second-order valence-electron chi connectivity index (χ2n) is 7.10. The first kappa shape index (κ1) is 19.9. The average molecular weight is 376 g/mol. The minimum absolute atomic E-state index is 0.329. The maximum atomic E-state index is 6.00. The number of nitrogens with zero attached hydrogens (tertiary/aromatic N) is 3. The van der Waals surface area contributed by atoms with E-state index in [1.54, 1.807) is 0 Å². The SMILES string of the molecule is CCNC(=NCc1ccnc(OC2CCCC2)c1)NCCN1CCOCC1. The van der Waals surface area contributed by atoms with Crippen LogP contribution in [0.2, 0.25) is 0 Å². The van der Waals surface area contributed by atoms with Gasteiger partial charge in [0.2, 0.25) is 5.88 Å². The molecule has 1 aromatic heterocycles. The number of morpholine rings is 1. The van der Waals surface area contributed by atoms with Crippen molar-refractivity contribution in [2.75, 3.05) is 45.9 Å². The van der Waals surface area contributed by atoms with Gasteiger partial charge in [-0.1, -0.05) is 0 Å². The van der Waals surface area contributed by atoms with Gasteiger partial charge < -0.3 is 20.1 Å². The zero-order chi connectivity index (χ0) is 18.7. The molecule has 7 nitrogen and oxygen atoms in total. The molecule has 150 valence electrons. The smallest absolute Gasteiger partial charge is 0.213 e. The van der Waals surface area contributed by atoms with E-state index in [0.29, 0.717) is 12.6 Å². The van der Waals surface area contributed by atoms with E-state index in [1.807, 2.05) is 18.3 Å². The minimum atomic E-state index is 0.329. The Morgan fingerprint density at radius 3 is 2.89 bits per heavy atom. The van der Waals surface area contributed by atoms with Crippen LogP contribution < -0.4 is 15.4 Å². The first-order chi connectivity index (χ1) is 13.3. The summed E-state index contributed by atoms with van der Waals surface area (Å²) in [5.41, 5.74) is 1.11. The van der Waals surface area contributed by atoms with Crippen molar-refractivity contribution in [3.63, 3.8) is 0 Å². The van der Waals surface area contributed by atoms with Gasteiger partial charge >= 0.3 is 0 Å². The van der Waals surface area contributed by atoms with Crippen molar-refractivity contribution in [1.29, 1.82) is 0 Å². The first-order valence-electron chi connectivity index (χ1n) is 10.3. The molecular formula is C20H33N5O2. The molecule has 0 spiro atoms. The molecule has 1 aromatic rings. The van der Waals surface area contributed by atoms with Gasteiger partial charge in [-0.05, 0) is 44.2 Å². The number of hydrogen-bond acceptors (Lipinski definition) is 5. The van der Waals surface area contributed by atoms with E-state index in [-0.39, 0.29) is 0 Å². The van der Waals surface area contributed by atoms with Gasteiger partial charge in [0.1, 0.15) is 6.10 Å². The van der Waals surface area contributed by atoms with Gasteiger partial charge in [-0.2, -0.15) is 0 Å². The van der Waals surface area contributed by atoms with Crippen LogP contribution in [0, 0.1) is 0 Å². The lowest BCUT2D eigenvalue weighted by atomic mass is 10.2. The van der Waals surface area contributed by atoms with Crippen LogP contribution >= 0.6 is 0 Å². The van der Waals surface area contributed by atoms with E-state index in [0.717, 1.165) is 76.2 Å².